The average Bonchev–Trinajstić information content (AvgIpc) is 2.72. The molecule has 0 radical (unpaired) electrons. The molecule has 0 saturated carbocycles. The van der Waals surface area contributed by atoms with Crippen molar-refractivity contribution in [1.82, 2.24) is 5.32 Å². The maximum absolute atomic E-state index is 11.6. The molecule has 98 valence electrons. The minimum absolute atomic E-state index is 0.139. The van der Waals surface area contributed by atoms with Crippen molar-refractivity contribution in [2.75, 3.05) is 11.5 Å². The fourth-order valence-electron chi connectivity index (χ4n) is 3.17. The Morgan fingerprint density at radius 3 is 2.83 bits per heavy atom. The summed E-state index contributed by atoms with van der Waals surface area (Å²) in [6.07, 6.45) is 3.98. The lowest BCUT2D eigenvalue weighted by Gasteiger charge is -2.26. The van der Waals surface area contributed by atoms with Crippen molar-refractivity contribution in [3.05, 3.63) is 35.4 Å². The Bertz CT molecular complexity index is 538. The molecule has 3 nitrogen and oxygen atoms in total. The second kappa shape index (κ2) is 4.67. The molecule has 2 atom stereocenters. The highest BCUT2D eigenvalue weighted by atomic mass is 32.2. The van der Waals surface area contributed by atoms with Crippen LogP contribution in [0.1, 0.15) is 36.4 Å². The van der Waals surface area contributed by atoms with Crippen LogP contribution in [0.4, 0.5) is 0 Å². The highest BCUT2D eigenvalue weighted by molar-refractivity contribution is 7.91. The molecule has 1 saturated heterocycles. The van der Waals surface area contributed by atoms with Crippen molar-refractivity contribution in [2.45, 2.75) is 37.8 Å². The van der Waals surface area contributed by atoms with Crippen LogP contribution in [0.25, 0.3) is 0 Å². The van der Waals surface area contributed by atoms with Crippen molar-refractivity contribution in [3.63, 3.8) is 0 Å². The van der Waals surface area contributed by atoms with Crippen LogP contribution in [0.15, 0.2) is 24.3 Å². The number of fused-ring (bicyclic) bond motifs is 1. The minimum Gasteiger partial charge on any atom is -0.306 e. The first-order chi connectivity index (χ1) is 8.64. The maximum Gasteiger partial charge on any atom is 0.151 e. The Balaban J connectivity index is 1.71. The van der Waals surface area contributed by atoms with Crippen LogP contribution in [-0.2, 0) is 16.3 Å². The third kappa shape index (κ3) is 2.45. The van der Waals surface area contributed by atoms with Crippen LogP contribution < -0.4 is 5.32 Å². The van der Waals surface area contributed by atoms with E-state index in [1.807, 2.05) is 0 Å². The van der Waals surface area contributed by atoms with Crippen LogP contribution in [0.5, 0.6) is 0 Å². The molecule has 3 rings (SSSR count). The number of hydrogen-bond donors (Lipinski definition) is 1. The quantitative estimate of drug-likeness (QED) is 0.887. The number of hydrogen-bond acceptors (Lipinski definition) is 3. The minimum atomic E-state index is -2.81. The van der Waals surface area contributed by atoms with Gasteiger partial charge in [-0.3, -0.25) is 0 Å². The van der Waals surface area contributed by atoms with Gasteiger partial charge < -0.3 is 5.32 Å². The Hall–Kier alpha value is -0.870. The van der Waals surface area contributed by atoms with Gasteiger partial charge in [-0.05, 0) is 36.8 Å². The molecule has 1 aliphatic heterocycles. The smallest absolute Gasteiger partial charge is 0.151 e. The molecule has 1 heterocycles. The second-order valence-electron chi connectivity index (χ2n) is 5.41. The Labute approximate surface area is 109 Å². The first-order valence-electron chi connectivity index (χ1n) is 6.68. The molecule has 1 aromatic rings. The zero-order chi connectivity index (χ0) is 12.6. The highest BCUT2D eigenvalue weighted by Gasteiger charge is 2.29. The predicted molar refractivity (Wildman–Crippen MR) is 72.3 cm³/mol. The zero-order valence-corrected chi connectivity index (χ0v) is 11.2. The van der Waals surface area contributed by atoms with E-state index in [-0.39, 0.29) is 6.04 Å². The van der Waals surface area contributed by atoms with Gasteiger partial charge in [0, 0.05) is 12.1 Å². The summed E-state index contributed by atoms with van der Waals surface area (Å²) >= 11 is 0. The van der Waals surface area contributed by atoms with E-state index in [1.54, 1.807) is 0 Å². The van der Waals surface area contributed by atoms with E-state index >= 15 is 0 Å². The van der Waals surface area contributed by atoms with Crippen LogP contribution in [0, 0.1) is 0 Å². The summed E-state index contributed by atoms with van der Waals surface area (Å²) in [7, 11) is -2.81. The molecular formula is C14H19NO2S. The number of nitrogens with one attached hydrogen (secondary N) is 1. The molecule has 4 heteroatoms. The maximum atomic E-state index is 11.6. The molecule has 2 aliphatic rings. The van der Waals surface area contributed by atoms with Gasteiger partial charge in [0.2, 0.25) is 0 Å². The topological polar surface area (TPSA) is 46.2 Å². The van der Waals surface area contributed by atoms with Crippen molar-refractivity contribution >= 4 is 9.84 Å². The number of aryl methyl sites for hydroxylation is 1. The lowest BCUT2D eigenvalue weighted by Crippen LogP contribution is -2.41. The summed E-state index contributed by atoms with van der Waals surface area (Å²) in [5, 5.41) is 3.55. The summed E-state index contributed by atoms with van der Waals surface area (Å²) in [5.41, 5.74) is 2.77. The first-order valence-corrected chi connectivity index (χ1v) is 8.50. The van der Waals surface area contributed by atoms with E-state index in [1.165, 1.54) is 11.1 Å². The third-order valence-corrected chi connectivity index (χ3v) is 5.85. The number of sulfone groups is 1. The van der Waals surface area contributed by atoms with E-state index < -0.39 is 9.84 Å². The summed E-state index contributed by atoms with van der Waals surface area (Å²) in [5.74, 6) is 0.679. The normalized spacial score (nSPS) is 30.0. The highest BCUT2D eigenvalue weighted by Crippen LogP contribution is 2.31. The SMILES string of the molecule is O=S1(=O)CCCC(NC2CCc3ccccc32)C1. The van der Waals surface area contributed by atoms with Gasteiger partial charge in [0.1, 0.15) is 0 Å². The van der Waals surface area contributed by atoms with E-state index in [9.17, 15) is 8.42 Å². The Morgan fingerprint density at radius 1 is 1.17 bits per heavy atom. The fraction of sp³-hybridized carbons (Fsp3) is 0.571. The largest absolute Gasteiger partial charge is 0.306 e. The molecule has 1 N–H and O–H groups in total. The predicted octanol–water partition coefficient (Wildman–Crippen LogP) is 1.84. The van der Waals surface area contributed by atoms with Gasteiger partial charge in [0.25, 0.3) is 0 Å². The van der Waals surface area contributed by atoms with Crippen LogP contribution in [0.2, 0.25) is 0 Å². The van der Waals surface area contributed by atoms with Gasteiger partial charge in [-0.2, -0.15) is 0 Å². The van der Waals surface area contributed by atoms with Gasteiger partial charge in [-0.25, -0.2) is 8.42 Å². The van der Waals surface area contributed by atoms with E-state index in [0.717, 1.165) is 25.7 Å². The van der Waals surface area contributed by atoms with Gasteiger partial charge in [0.15, 0.2) is 9.84 Å². The summed E-state index contributed by atoms with van der Waals surface area (Å²) in [6, 6.07) is 8.97. The second-order valence-corrected chi connectivity index (χ2v) is 7.64. The average molecular weight is 265 g/mol. The first kappa shape index (κ1) is 12.2. The fourth-order valence-corrected chi connectivity index (χ4v) is 4.82. The molecule has 18 heavy (non-hydrogen) atoms. The molecule has 2 unspecified atom stereocenters. The molecule has 1 aliphatic carbocycles. The Kier molecular flexibility index (Phi) is 3.16. The van der Waals surface area contributed by atoms with E-state index in [4.69, 9.17) is 0 Å². The monoisotopic (exact) mass is 265 g/mol. The molecular weight excluding hydrogens is 246 g/mol. The van der Waals surface area contributed by atoms with Crippen molar-refractivity contribution < 1.29 is 8.42 Å². The van der Waals surface area contributed by atoms with Crippen LogP contribution in [-0.4, -0.2) is 26.0 Å². The molecule has 1 fully saturated rings. The molecule has 0 spiro atoms. The number of benzene rings is 1. The van der Waals surface area contributed by atoms with Crippen molar-refractivity contribution in [1.29, 1.82) is 0 Å². The Morgan fingerprint density at radius 2 is 2.00 bits per heavy atom. The molecule has 0 bridgehead atoms. The third-order valence-electron chi connectivity index (χ3n) is 4.03. The van der Waals surface area contributed by atoms with Crippen LogP contribution in [0.3, 0.4) is 0 Å². The van der Waals surface area contributed by atoms with Gasteiger partial charge in [-0.15, -0.1) is 0 Å². The lowest BCUT2D eigenvalue weighted by atomic mass is 10.1. The molecule has 0 amide bonds. The van der Waals surface area contributed by atoms with Crippen molar-refractivity contribution in [2.24, 2.45) is 0 Å². The summed E-state index contributed by atoms with van der Waals surface area (Å²) in [4.78, 5) is 0. The van der Waals surface area contributed by atoms with Crippen LogP contribution >= 0.6 is 0 Å². The molecule has 0 aromatic heterocycles. The standard InChI is InChI=1S/C14H19NO2S/c16-18(17)9-3-5-12(10-18)15-14-8-7-11-4-1-2-6-13(11)14/h1-2,4,6,12,14-15H,3,5,7-10H2. The number of rotatable bonds is 2. The lowest BCUT2D eigenvalue weighted by molar-refractivity contribution is 0.419. The van der Waals surface area contributed by atoms with E-state index in [0.29, 0.717) is 17.5 Å². The summed E-state index contributed by atoms with van der Waals surface area (Å²) in [6.45, 7) is 0. The zero-order valence-electron chi connectivity index (χ0n) is 10.4. The van der Waals surface area contributed by atoms with E-state index in [2.05, 4.69) is 29.6 Å². The summed E-state index contributed by atoms with van der Waals surface area (Å²) < 4.78 is 23.3. The van der Waals surface area contributed by atoms with Gasteiger partial charge in [0.05, 0.1) is 11.5 Å². The molecule has 1 aromatic carbocycles. The van der Waals surface area contributed by atoms with Gasteiger partial charge in [-0.1, -0.05) is 24.3 Å². The van der Waals surface area contributed by atoms with Crippen molar-refractivity contribution in [3.8, 4) is 0 Å². The van der Waals surface area contributed by atoms with Gasteiger partial charge >= 0.3 is 0 Å².